The molecule has 0 bridgehead atoms. The van der Waals surface area contributed by atoms with Gasteiger partial charge in [-0.05, 0) is 25.3 Å². The Morgan fingerprint density at radius 1 is 0.800 bits per heavy atom. The van der Waals surface area contributed by atoms with Gasteiger partial charge in [0, 0.05) is 25.3 Å². The standard InChI is InChI=1S/C27H40N6O11S/c1-13(35)21(25(41)32-18(12-34)27(43)44)33-23(39)16(8-10-20(37)38)30-24(40)17(11-14-5-3-2-4-6-14)31-26(42)22(45)15(28)7-9-19(29)36/h2-6,13,15-18,21-22,34-35,45H,7-12,28H2,1H3,(H2,29,36)(H,30,40)(H,31,42)(H,32,41)(H,33,39)(H,37,38)(H,43,44)/t13-,15+,16+,17+,18+,21+,22?/m1/s1. The van der Waals surface area contributed by atoms with Crippen molar-refractivity contribution >= 4 is 54.1 Å². The average Bonchev–Trinajstić information content (AvgIpc) is 2.98. The van der Waals surface area contributed by atoms with Gasteiger partial charge in [-0.2, -0.15) is 12.6 Å². The van der Waals surface area contributed by atoms with Crippen molar-refractivity contribution in [2.24, 2.45) is 11.5 Å². The molecule has 7 atom stereocenters. The highest BCUT2D eigenvalue weighted by atomic mass is 32.1. The highest BCUT2D eigenvalue weighted by Crippen LogP contribution is 2.10. The molecule has 12 N–H and O–H groups in total. The first kappa shape index (κ1) is 38.8. The van der Waals surface area contributed by atoms with E-state index in [1.807, 2.05) is 5.32 Å². The van der Waals surface area contributed by atoms with Gasteiger partial charge in [-0.3, -0.25) is 28.8 Å². The Morgan fingerprint density at radius 2 is 1.36 bits per heavy atom. The highest BCUT2D eigenvalue weighted by molar-refractivity contribution is 7.81. The summed E-state index contributed by atoms with van der Waals surface area (Å²) in [5.74, 6) is -7.53. The first-order valence-corrected chi connectivity index (χ1v) is 14.3. The molecule has 17 nitrogen and oxygen atoms in total. The summed E-state index contributed by atoms with van der Waals surface area (Å²) in [6.07, 6.45) is -2.84. The Labute approximate surface area is 263 Å². The predicted molar refractivity (Wildman–Crippen MR) is 160 cm³/mol. The molecule has 0 spiro atoms. The summed E-state index contributed by atoms with van der Waals surface area (Å²) in [6.45, 7) is 0.119. The van der Waals surface area contributed by atoms with Crippen LogP contribution in [-0.4, -0.2) is 110 Å². The van der Waals surface area contributed by atoms with Crippen LogP contribution in [-0.2, 0) is 40.0 Å². The maximum atomic E-state index is 13.5. The molecule has 0 aliphatic heterocycles. The van der Waals surface area contributed by atoms with E-state index in [9.17, 15) is 48.9 Å². The number of carboxylic acids is 2. The first-order valence-electron chi connectivity index (χ1n) is 13.8. The van der Waals surface area contributed by atoms with E-state index in [0.29, 0.717) is 5.56 Å². The number of aliphatic hydroxyl groups excluding tert-OH is 2. The molecule has 1 unspecified atom stereocenters. The second-order valence-electron chi connectivity index (χ2n) is 10.2. The number of thiol groups is 1. The summed E-state index contributed by atoms with van der Waals surface area (Å²) in [6, 6.07) is 1.06. The van der Waals surface area contributed by atoms with Crippen LogP contribution >= 0.6 is 12.6 Å². The van der Waals surface area contributed by atoms with Crippen molar-refractivity contribution in [1.29, 1.82) is 0 Å². The van der Waals surface area contributed by atoms with Gasteiger partial charge in [-0.1, -0.05) is 30.3 Å². The second-order valence-corrected chi connectivity index (χ2v) is 10.7. The molecule has 18 heteroatoms. The zero-order chi connectivity index (χ0) is 34.3. The number of hydrogen-bond acceptors (Lipinski definition) is 11. The number of carbonyl (C=O) groups is 7. The zero-order valence-electron chi connectivity index (χ0n) is 24.4. The minimum Gasteiger partial charge on any atom is -0.481 e. The molecule has 0 fully saturated rings. The van der Waals surface area contributed by atoms with Crippen LogP contribution in [0.2, 0.25) is 0 Å². The number of benzene rings is 1. The number of carbonyl (C=O) groups excluding carboxylic acids is 5. The van der Waals surface area contributed by atoms with E-state index in [1.54, 1.807) is 30.3 Å². The van der Waals surface area contributed by atoms with Gasteiger partial charge in [0.05, 0.1) is 18.0 Å². The molecule has 5 amide bonds. The summed E-state index contributed by atoms with van der Waals surface area (Å²) in [4.78, 5) is 85.8. The number of hydrogen-bond donors (Lipinski definition) is 11. The van der Waals surface area contributed by atoms with Gasteiger partial charge in [0.2, 0.25) is 29.5 Å². The van der Waals surface area contributed by atoms with Crippen molar-refractivity contribution in [3.05, 3.63) is 35.9 Å². The van der Waals surface area contributed by atoms with Gasteiger partial charge >= 0.3 is 11.9 Å². The van der Waals surface area contributed by atoms with Crippen LogP contribution in [0.4, 0.5) is 0 Å². The molecule has 1 rings (SSSR count). The van der Waals surface area contributed by atoms with Crippen LogP contribution in [0.25, 0.3) is 0 Å². The summed E-state index contributed by atoms with van der Waals surface area (Å²) < 4.78 is 0. The van der Waals surface area contributed by atoms with Gasteiger partial charge in [0.1, 0.15) is 24.2 Å². The van der Waals surface area contributed by atoms with Crippen LogP contribution in [0.1, 0.15) is 38.2 Å². The maximum Gasteiger partial charge on any atom is 0.328 e. The minimum absolute atomic E-state index is 0.0352. The van der Waals surface area contributed by atoms with Gasteiger partial charge < -0.3 is 53.2 Å². The molecule has 1 aromatic rings. The third-order valence-electron chi connectivity index (χ3n) is 6.45. The van der Waals surface area contributed by atoms with Crippen LogP contribution in [0.15, 0.2) is 30.3 Å². The van der Waals surface area contributed by atoms with E-state index in [2.05, 4.69) is 28.6 Å². The van der Waals surface area contributed by atoms with Crippen LogP contribution < -0.4 is 32.7 Å². The van der Waals surface area contributed by atoms with E-state index in [4.69, 9.17) is 16.6 Å². The molecule has 0 aliphatic carbocycles. The smallest absolute Gasteiger partial charge is 0.328 e. The largest absolute Gasteiger partial charge is 0.481 e. The predicted octanol–water partition coefficient (Wildman–Crippen LogP) is -3.62. The number of nitrogens with two attached hydrogens (primary N) is 2. The lowest BCUT2D eigenvalue weighted by Crippen LogP contribution is -2.61. The molecule has 1 aromatic carbocycles. The van der Waals surface area contributed by atoms with Crippen molar-refractivity contribution in [2.45, 2.75) is 80.6 Å². The zero-order valence-corrected chi connectivity index (χ0v) is 25.3. The molecule has 0 radical (unpaired) electrons. The Morgan fingerprint density at radius 3 is 1.87 bits per heavy atom. The van der Waals surface area contributed by atoms with Crippen LogP contribution in [0.5, 0.6) is 0 Å². The van der Waals surface area contributed by atoms with Crippen molar-refractivity contribution in [2.75, 3.05) is 6.61 Å². The first-order chi connectivity index (χ1) is 21.1. The number of aliphatic hydroxyl groups is 2. The molecule has 0 aliphatic rings. The lowest BCUT2D eigenvalue weighted by Gasteiger charge is -2.27. The van der Waals surface area contributed by atoms with E-state index >= 15 is 0 Å². The molecule has 0 saturated carbocycles. The molecular formula is C27H40N6O11S. The number of primary amides is 1. The van der Waals surface area contributed by atoms with Gasteiger partial charge in [0.25, 0.3) is 0 Å². The fourth-order valence-corrected chi connectivity index (χ4v) is 4.12. The quantitative estimate of drug-likeness (QED) is 0.0607. The van der Waals surface area contributed by atoms with Gasteiger partial charge in [0.15, 0.2) is 0 Å². The fraction of sp³-hybridized carbons (Fsp3) is 0.519. The highest BCUT2D eigenvalue weighted by Gasteiger charge is 2.34. The second kappa shape index (κ2) is 19.2. The molecule has 0 saturated heterocycles. The summed E-state index contributed by atoms with van der Waals surface area (Å²) in [7, 11) is 0. The lowest BCUT2D eigenvalue weighted by molar-refractivity contribution is -0.144. The topological polar surface area (TPSA) is 301 Å². The molecule has 0 aromatic heterocycles. The maximum absolute atomic E-state index is 13.5. The number of rotatable bonds is 20. The minimum atomic E-state index is -1.76. The van der Waals surface area contributed by atoms with Gasteiger partial charge in [-0.15, -0.1) is 0 Å². The third-order valence-corrected chi connectivity index (χ3v) is 7.07. The van der Waals surface area contributed by atoms with Crippen molar-refractivity contribution in [3.63, 3.8) is 0 Å². The Bertz CT molecular complexity index is 1200. The average molecular weight is 657 g/mol. The third kappa shape index (κ3) is 13.9. The summed E-state index contributed by atoms with van der Waals surface area (Å²) in [5, 5.41) is 45.4. The van der Waals surface area contributed by atoms with Crippen molar-refractivity contribution in [1.82, 2.24) is 21.3 Å². The number of carboxylic acid groups (broad SMARTS) is 2. The van der Waals surface area contributed by atoms with Crippen molar-refractivity contribution in [3.8, 4) is 0 Å². The number of aliphatic carboxylic acids is 2. The summed E-state index contributed by atoms with van der Waals surface area (Å²) >= 11 is 4.20. The Hall–Kier alpha value is -4.26. The molecule has 45 heavy (non-hydrogen) atoms. The summed E-state index contributed by atoms with van der Waals surface area (Å²) in [5.41, 5.74) is 11.7. The lowest BCUT2D eigenvalue weighted by atomic mass is 10.0. The normalized spacial score (nSPS) is 15.6. The van der Waals surface area contributed by atoms with E-state index < -0.39 is 102 Å². The van der Waals surface area contributed by atoms with Gasteiger partial charge in [-0.25, -0.2) is 4.79 Å². The van der Waals surface area contributed by atoms with E-state index in [0.717, 1.165) is 6.92 Å². The van der Waals surface area contributed by atoms with E-state index in [-0.39, 0.29) is 19.3 Å². The Kier molecular flexibility index (Phi) is 16.5. The van der Waals surface area contributed by atoms with E-state index in [1.165, 1.54) is 0 Å². The number of nitrogens with one attached hydrogen (secondary N) is 4. The molecular weight excluding hydrogens is 616 g/mol. The molecule has 0 heterocycles. The molecule has 250 valence electrons. The number of amides is 5. The van der Waals surface area contributed by atoms with Crippen molar-refractivity contribution < 1.29 is 54.0 Å². The monoisotopic (exact) mass is 656 g/mol. The Balaban J connectivity index is 3.23. The van der Waals surface area contributed by atoms with Crippen LogP contribution in [0.3, 0.4) is 0 Å². The van der Waals surface area contributed by atoms with Crippen LogP contribution in [0, 0.1) is 0 Å². The fourth-order valence-electron chi connectivity index (χ4n) is 3.89. The SMILES string of the molecule is C[C@@H](O)[C@H](NC(=O)[C@H](CCC(=O)O)NC(=O)[C@H](Cc1ccccc1)NC(=O)C(S)[C@@H](N)CCC(N)=O)C(=O)N[C@@H](CO)C(=O)O.